The van der Waals surface area contributed by atoms with Crippen LogP contribution in [-0.2, 0) is 0 Å². The van der Waals surface area contributed by atoms with E-state index in [-0.39, 0.29) is 0 Å². The predicted molar refractivity (Wildman–Crippen MR) is 63.7 cm³/mol. The van der Waals surface area contributed by atoms with E-state index >= 15 is 0 Å². The molecule has 1 amide bonds. The highest BCUT2D eigenvalue weighted by molar-refractivity contribution is 5.95. The lowest BCUT2D eigenvalue weighted by Crippen LogP contribution is -2.45. The second-order valence-electron chi connectivity index (χ2n) is 4.81. The molecule has 1 aromatic carbocycles. The largest absolute Gasteiger partial charge is 0.503 e. The van der Waals surface area contributed by atoms with Crippen LogP contribution in [0.3, 0.4) is 0 Å². The Labute approximate surface area is 113 Å². The number of halogens is 3. The van der Waals surface area contributed by atoms with Crippen molar-refractivity contribution >= 4 is 5.91 Å². The summed E-state index contributed by atoms with van der Waals surface area (Å²) >= 11 is 0. The highest BCUT2D eigenvalue weighted by Crippen LogP contribution is 2.26. The summed E-state index contributed by atoms with van der Waals surface area (Å²) in [4.78, 5) is 11.8. The van der Waals surface area contributed by atoms with Gasteiger partial charge in [0.2, 0.25) is 5.82 Å². The molecule has 3 N–H and O–H groups in total. The van der Waals surface area contributed by atoms with Gasteiger partial charge in [-0.05, 0) is 18.9 Å². The third kappa shape index (κ3) is 2.72. The first-order valence-electron chi connectivity index (χ1n) is 6.27. The Kier molecular flexibility index (Phi) is 4.17. The molecule has 1 aliphatic rings. The maximum atomic E-state index is 13.6. The first-order chi connectivity index (χ1) is 9.41. The number of carbonyl (C=O) groups is 1. The molecule has 110 valence electrons. The van der Waals surface area contributed by atoms with Gasteiger partial charge in [-0.15, -0.1) is 0 Å². The molecular formula is C13H14F3NO3. The molecule has 4 nitrogen and oxygen atoms in total. The van der Waals surface area contributed by atoms with Crippen LogP contribution in [0.25, 0.3) is 0 Å². The number of nitrogens with one attached hydrogen (secondary N) is 1. The Balaban J connectivity index is 2.21. The average Bonchev–Trinajstić information content (AvgIpc) is 2.43. The zero-order valence-corrected chi connectivity index (χ0v) is 10.5. The molecule has 2 rings (SSSR count). The monoisotopic (exact) mass is 289 g/mol. The molecule has 20 heavy (non-hydrogen) atoms. The minimum atomic E-state index is -1.74. The second kappa shape index (κ2) is 5.70. The number of rotatable bonds is 2. The highest BCUT2D eigenvalue weighted by Gasteiger charge is 2.28. The second-order valence-corrected chi connectivity index (χ2v) is 4.81. The molecule has 1 aromatic rings. The topological polar surface area (TPSA) is 69.6 Å². The normalized spacial score (nSPS) is 22.6. The SMILES string of the molecule is O=C(N[C@H]1CCCC[C@@H]1O)c1cc(F)c(F)c(O)c1F. The summed E-state index contributed by atoms with van der Waals surface area (Å²) in [5, 5.41) is 21.1. The van der Waals surface area contributed by atoms with Crippen molar-refractivity contribution in [2.45, 2.75) is 37.8 Å². The van der Waals surface area contributed by atoms with Gasteiger partial charge in [0.15, 0.2) is 17.4 Å². The van der Waals surface area contributed by atoms with E-state index in [0.29, 0.717) is 18.9 Å². The third-order valence-electron chi connectivity index (χ3n) is 3.42. The Hall–Kier alpha value is -1.76. The molecule has 0 aromatic heterocycles. The number of hydrogen-bond acceptors (Lipinski definition) is 3. The maximum Gasteiger partial charge on any atom is 0.254 e. The van der Waals surface area contributed by atoms with Gasteiger partial charge in [-0.1, -0.05) is 12.8 Å². The van der Waals surface area contributed by atoms with Crippen LogP contribution in [0.5, 0.6) is 5.75 Å². The lowest BCUT2D eigenvalue weighted by atomic mass is 9.92. The minimum absolute atomic E-state index is 0.384. The molecular weight excluding hydrogens is 275 g/mol. The number of phenolic OH excluding ortho intramolecular Hbond substituents is 1. The van der Waals surface area contributed by atoms with E-state index in [1.54, 1.807) is 0 Å². The van der Waals surface area contributed by atoms with Crippen LogP contribution in [0.15, 0.2) is 6.07 Å². The highest BCUT2D eigenvalue weighted by atomic mass is 19.2. The van der Waals surface area contributed by atoms with Crippen molar-refractivity contribution in [3.63, 3.8) is 0 Å². The van der Waals surface area contributed by atoms with Crippen LogP contribution >= 0.6 is 0 Å². The molecule has 0 saturated heterocycles. The lowest BCUT2D eigenvalue weighted by molar-refractivity contribution is 0.0713. The van der Waals surface area contributed by atoms with Gasteiger partial charge in [0.1, 0.15) is 0 Å². The lowest BCUT2D eigenvalue weighted by Gasteiger charge is -2.28. The van der Waals surface area contributed by atoms with Crippen molar-refractivity contribution in [1.82, 2.24) is 5.32 Å². The summed E-state index contributed by atoms with van der Waals surface area (Å²) < 4.78 is 39.6. The zero-order valence-electron chi connectivity index (χ0n) is 10.5. The summed E-state index contributed by atoms with van der Waals surface area (Å²) in [7, 11) is 0. The molecule has 0 aliphatic heterocycles. The maximum absolute atomic E-state index is 13.6. The van der Waals surface area contributed by atoms with E-state index in [1.807, 2.05) is 0 Å². The first-order valence-corrected chi connectivity index (χ1v) is 6.27. The fourth-order valence-corrected chi connectivity index (χ4v) is 2.28. The molecule has 0 unspecified atom stereocenters. The molecule has 1 aliphatic carbocycles. The standard InChI is InChI=1S/C13H14F3NO3/c14-7-5-6(10(15)12(19)11(7)16)13(20)17-8-3-1-2-4-9(8)18/h5,8-9,18-19H,1-4H2,(H,17,20)/t8-,9-/m0/s1. The van der Waals surface area contributed by atoms with Gasteiger partial charge >= 0.3 is 0 Å². The Morgan fingerprint density at radius 2 is 1.85 bits per heavy atom. The average molecular weight is 289 g/mol. The van der Waals surface area contributed by atoms with Gasteiger partial charge in [0.25, 0.3) is 5.91 Å². The quantitative estimate of drug-likeness (QED) is 0.728. The van der Waals surface area contributed by atoms with Crippen LogP contribution < -0.4 is 5.32 Å². The molecule has 1 saturated carbocycles. The van der Waals surface area contributed by atoms with Crippen molar-refractivity contribution < 1.29 is 28.2 Å². The van der Waals surface area contributed by atoms with E-state index < -0.39 is 46.8 Å². The molecule has 1 fully saturated rings. The molecule has 0 spiro atoms. The summed E-state index contributed by atoms with van der Waals surface area (Å²) in [6.07, 6.45) is 1.90. The van der Waals surface area contributed by atoms with Crippen molar-refractivity contribution in [3.05, 3.63) is 29.1 Å². The summed E-state index contributed by atoms with van der Waals surface area (Å²) in [5.74, 6) is -7.30. The molecule has 2 atom stereocenters. The van der Waals surface area contributed by atoms with E-state index in [9.17, 15) is 23.1 Å². The van der Waals surface area contributed by atoms with E-state index in [1.165, 1.54) is 0 Å². The fourth-order valence-electron chi connectivity index (χ4n) is 2.28. The van der Waals surface area contributed by atoms with Gasteiger partial charge in [0.05, 0.1) is 17.7 Å². The van der Waals surface area contributed by atoms with Gasteiger partial charge in [0, 0.05) is 0 Å². The predicted octanol–water partition coefficient (Wildman–Crippen LogP) is 1.84. The van der Waals surface area contributed by atoms with Crippen LogP contribution in [-0.4, -0.2) is 28.3 Å². The number of benzene rings is 1. The van der Waals surface area contributed by atoms with Crippen LogP contribution in [0.1, 0.15) is 36.0 Å². The van der Waals surface area contributed by atoms with Crippen LogP contribution in [0, 0.1) is 17.5 Å². The van der Waals surface area contributed by atoms with Crippen LogP contribution in [0.4, 0.5) is 13.2 Å². The summed E-state index contributed by atoms with van der Waals surface area (Å²) in [6, 6.07) is -0.180. The number of aromatic hydroxyl groups is 1. The Morgan fingerprint density at radius 3 is 2.50 bits per heavy atom. The van der Waals surface area contributed by atoms with E-state index in [0.717, 1.165) is 12.8 Å². The number of phenols is 1. The molecule has 0 heterocycles. The van der Waals surface area contributed by atoms with Gasteiger partial charge in [-0.25, -0.2) is 8.78 Å². The van der Waals surface area contributed by atoms with Crippen molar-refractivity contribution in [1.29, 1.82) is 0 Å². The Bertz CT molecular complexity index is 536. The number of aliphatic hydroxyl groups excluding tert-OH is 1. The Morgan fingerprint density at radius 1 is 1.20 bits per heavy atom. The number of hydrogen-bond donors (Lipinski definition) is 3. The summed E-state index contributed by atoms with van der Waals surface area (Å²) in [6.45, 7) is 0. The van der Waals surface area contributed by atoms with E-state index in [2.05, 4.69) is 5.32 Å². The van der Waals surface area contributed by atoms with Crippen LogP contribution in [0.2, 0.25) is 0 Å². The third-order valence-corrected chi connectivity index (χ3v) is 3.42. The summed E-state index contributed by atoms with van der Waals surface area (Å²) in [5.41, 5.74) is -0.792. The molecule has 0 radical (unpaired) electrons. The van der Waals surface area contributed by atoms with Gasteiger partial charge < -0.3 is 15.5 Å². The molecule has 0 bridgehead atoms. The number of amides is 1. The van der Waals surface area contributed by atoms with Crippen molar-refractivity contribution in [2.75, 3.05) is 0 Å². The number of carbonyl (C=O) groups excluding carboxylic acids is 1. The smallest absolute Gasteiger partial charge is 0.254 e. The number of aliphatic hydroxyl groups is 1. The zero-order chi connectivity index (χ0) is 14.9. The van der Waals surface area contributed by atoms with E-state index in [4.69, 9.17) is 5.11 Å². The first kappa shape index (κ1) is 14.6. The fraction of sp³-hybridized carbons (Fsp3) is 0.462. The molecule has 7 heteroatoms. The minimum Gasteiger partial charge on any atom is -0.503 e. The van der Waals surface area contributed by atoms with Crippen molar-refractivity contribution in [2.24, 2.45) is 0 Å². The van der Waals surface area contributed by atoms with Crippen molar-refractivity contribution in [3.8, 4) is 5.75 Å². The van der Waals surface area contributed by atoms with Gasteiger partial charge in [-0.2, -0.15) is 4.39 Å². The van der Waals surface area contributed by atoms with Gasteiger partial charge in [-0.3, -0.25) is 4.79 Å².